The Morgan fingerprint density at radius 3 is 2.85 bits per heavy atom. The Hall–Kier alpha value is -1.92. The summed E-state index contributed by atoms with van der Waals surface area (Å²) in [5, 5.41) is 18.7. The topological polar surface area (TPSA) is 87.1 Å². The Labute approximate surface area is 116 Å². The third-order valence-corrected chi connectivity index (χ3v) is 3.31. The summed E-state index contributed by atoms with van der Waals surface area (Å²) in [6, 6.07) is 5.89. The number of rotatable bonds is 4. The largest absolute Gasteiger partial charge is 0.480 e. The quantitative estimate of drug-likeness (QED) is 0.837. The molecule has 1 aromatic carbocycles. The van der Waals surface area contributed by atoms with Gasteiger partial charge >= 0.3 is 5.97 Å². The first-order valence-electron chi connectivity index (χ1n) is 6.32. The molecule has 2 rings (SSSR count). The van der Waals surface area contributed by atoms with Crippen molar-refractivity contribution >= 4 is 11.9 Å². The molecule has 0 aromatic heterocycles. The van der Waals surface area contributed by atoms with Gasteiger partial charge in [-0.2, -0.15) is 0 Å². The third kappa shape index (κ3) is 2.97. The first-order valence-corrected chi connectivity index (χ1v) is 6.32. The fourth-order valence-electron chi connectivity index (χ4n) is 2.40. The van der Waals surface area contributed by atoms with Crippen molar-refractivity contribution < 1.29 is 24.5 Å². The molecule has 1 heterocycles. The maximum absolute atomic E-state index is 12.4. The van der Waals surface area contributed by atoms with E-state index in [0.717, 1.165) is 5.56 Å². The van der Waals surface area contributed by atoms with Gasteiger partial charge in [0.05, 0.1) is 12.7 Å². The summed E-state index contributed by atoms with van der Waals surface area (Å²) in [5.41, 5.74) is 1.24. The molecule has 1 fully saturated rings. The molecule has 1 amide bonds. The van der Waals surface area contributed by atoms with E-state index in [1.807, 2.05) is 6.07 Å². The van der Waals surface area contributed by atoms with Crippen molar-refractivity contribution in [3.63, 3.8) is 0 Å². The van der Waals surface area contributed by atoms with Crippen LogP contribution in [0.5, 0.6) is 0 Å². The van der Waals surface area contributed by atoms with Crippen molar-refractivity contribution in [3.05, 3.63) is 35.4 Å². The molecule has 0 radical (unpaired) electrons. The maximum atomic E-state index is 12.4. The lowest BCUT2D eigenvalue weighted by Crippen LogP contribution is -2.40. The Morgan fingerprint density at radius 2 is 2.20 bits per heavy atom. The summed E-state index contributed by atoms with van der Waals surface area (Å²) in [6.45, 7) is 0.427. The molecule has 1 aromatic rings. The van der Waals surface area contributed by atoms with E-state index in [1.165, 1.54) is 4.90 Å². The van der Waals surface area contributed by atoms with E-state index in [9.17, 15) is 14.7 Å². The second-order valence-electron chi connectivity index (χ2n) is 4.83. The molecule has 2 N–H and O–H groups in total. The van der Waals surface area contributed by atoms with Crippen molar-refractivity contribution in [2.24, 2.45) is 0 Å². The Balaban J connectivity index is 2.21. The number of likely N-dealkylation sites (tertiary alicyclic amines) is 1. The van der Waals surface area contributed by atoms with Gasteiger partial charge in [0.1, 0.15) is 6.04 Å². The highest BCUT2D eigenvalue weighted by Crippen LogP contribution is 2.21. The number of carbonyl (C=O) groups excluding carboxylic acids is 1. The summed E-state index contributed by atoms with van der Waals surface area (Å²) < 4.78 is 5.01. The zero-order valence-electron chi connectivity index (χ0n) is 11.2. The van der Waals surface area contributed by atoms with E-state index >= 15 is 0 Å². The van der Waals surface area contributed by atoms with Crippen LogP contribution < -0.4 is 0 Å². The smallest absolute Gasteiger partial charge is 0.326 e. The second kappa shape index (κ2) is 6.02. The SMILES string of the molecule is COCc1cccc(C(=O)N2CC(O)CC2C(=O)O)c1. The molecule has 2 unspecified atom stereocenters. The summed E-state index contributed by atoms with van der Waals surface area (Å²) >= 11 is 0. The lowest BCUT2D eigenvalue weighted by atomic mass is 10.1. The van der Waals surface area contributed by atoms with Gasteiger partial charge < -0.3 is 19.8 Å². The predicted octanol–water partition coefficient (Wildman–Crippen LogP) is 0.493. The van der Waals surface area contributed by atoms with Gasteiger partial charge in [-0.15, -0.1) is 0 Å². The minimum Gasteiger partial charge on any atom is -0.480 e. The zero-order valence-corrected chi connectivity index (χ0v) is 11.2. The van der Waals surface area contributed by atoms with Crippen LogP contribution in [0.2, 0.25) is 0 Å². The molecule has 0 saturated carbocycles. The van der Waals surface area contributed by atoms with Crippen molar-refractivity contribution in [2.45, 2.75) is 25.2 Å². The van der Waals surface area contributed by atoms with Gasteiger partial charge in [-0.3, -0.25) is 4.79 Å². The van der Waals surface area contributed by atoms with E-state index in [1.54, 1.807) is 25.3 Å². The predicted molar refractivity (Wildman–Crippen MR) is 70.2 cm³/mol. The molecular formula is C14H17NO5. The molecule has 6 heteroatoms. The van der Waals surface area contributed by atoms with Crippen molar-refractivity contribution in [1.29, 1.82) is 0 Å². The van der Waals surface area contributed by atoms with Crippen molar-refractivity contribution in [2.75, 3.05) is 13.7 Å². The Bertz CT molecular complexity index is 516. The molecule has 6 nitrogen and oxygen atoms in total. The Kier molecular flexibility index (Phi) is 4.36. The molecule has 20 heavy (non-hydrogen) atoms. The lowest BCUT2D eigenvalue weighted by molar-refractivity contribution is -0.141. The molecule has 0 bridgehead atoms. The molecule has 1 saturated heterocycles. The first kappa shape index (κ1) is 14.5. The number of carboxylic acid groups (broad SMARTS) is 1. The van der Waals surface area contributed by atoms with E-state index < -0.39 is 18.1 Å². The van der Waals surface area contributed by atoms with Gasteiger partial charge in [0, 0.05) is 25.6 Å². The van der Waals surface area contributed by atoms with Crippen LogP contribution in [0.1, 0.15) is 22.3 Å². The number of β-amino-alcohol motifs (C(OH)–C–C–N with tert-alkyl or cyclic N) is 1. The highest BCUT2D eigenvalue weighted by molar-refractivity contribution is 5.97. The maximum Gasteiger partial charge on any atom is 0.326 e. The molecule has 0 aliphatic carbocycles. The fraction of sp³-hybridized carbons (Fsp3) is 0.429. The van der Waals surface area contributed by atoms with Gasteiger partial charge in [-0.25, -0.2) is 4.79 Å². The molecule has 1 aliphatic rings. The van der Waals surface area contributed by atoms with Gasteiger partial charge in [-0.05, 0) is 17.7 Å². The number of amides is 1. The van der Waals surface area contributed by atoms with E-state index in [4.69, 9.17) is 9.84 Å². The molecule has 2 atom stereocenters. The van der Waals surface area contributed by atoms with Crippen LogP contribution >= 0.6 is 0 Å². The fourth-order valence-corrected chi connectivity index (χ4v) is 2.40. The molecule has 1 aliphatic heterocycles. The van der Waals surface area contributed by atoms with Crippen LogP contribution in [-0.4, -0.2) is 52.8 Å². The summed E-state index contributed by atoms with van der Waals surface area (Å²) in [6.07, 6.45) is -0.721. The number of methoxy groups -OCH3 is 1. The van der Waals surface area contributed by atoms with Crippen LogP contribution in [0.15, 0.2) is 24.3 Å². The van der Waals surface area contributed by atoms with Gasteiger partial charge in [0.25, 0.3) is 5.91 Å². The monoisotopic (exact) mass is 279 g/mol. The zero-order chi connectivity index (χ0) is 14.7. The molecule has 108 valence electrons. The number of ether oxygens (including phenoxy) is 1. The lowest BCUT2D eigenvalue weighted by Gasteiger charge is -2.21. The highest BCUT2D eigenvalue weighted by atomic mass is 16.5. The number of hydrogen-bond acceptors (Lipinski definition) is 4. The number of aliphatic carboxylic acids is 1. The summed E-state index contributed by atoms with van der Waals surface area (Å²) in [7, 11) is 1.56. The summed E-state index contributed by atoms with van der Waals surface area (Å²) in [5.74, 6) is -1.48. The van der Waals surface area contributed by atoms with Crippen LogP contribution in [0, 0.1) is 0 Å². The number of aliphatic hydroxyl groups excluding tert-OH is 1. The minimum atomic E-state index is -1.09. The number of benzene rings is 1. The van der Waals surface area contributed by atoms with Gasteiger partial charge in [-0.1, -0.05) is 12.1 Å². The second-order valence-corrected chi connectivity index (χ2v) is 4.83. The average molecular weight is 279 g/mol. The van der Waals surface area contributed by atoms with E-state index in [-0.39, 0.29) is 18.9 Å². The van der Waals surface area contributed by atoms with Crippen molar-refractivity contribution in [3.8, 4) is 0 Å². The molecular weight excluding hydrogens is 262 g/mol. The van der Waals surface area contributed by atoms with Crippen molar-refractivity contribution in [1.82, 2.24) is 4.90 Å². The van der Waals surface area contributed by atoms with Crippen LogP contribution in [0.25, 0.3) is 0 Å². The van der Waals surface area contributed by atoms with Crippen LogP contribution in [0.3, 0.4) is 0 Å². The highest BCUT2D eigenvalue weighted by Gasteiger charge is 2.39. The average Bonchev–Trinajstić information content (AvgIpc) is 2.81. The standard InChI is InChI=1S/C14H17NO5/c1-20-8-9-3-2-4-10(5-9)13(17)15-7-11(16)6-12(15)14(18)19/h2-5,11-12,16H,6-8H2,1H3,(H,18,19). The van der Waals surface area contributed by atoms with Gasteiger partial charge in [0.15, 0.2) is 0 Å². The number of nitrogens with zero attached hydrogens (tertiary/aromatic N) is 1. The number of hydrogen-bond donors (Lipinski definition) is 2. The minimum absolute atomic E-state index is 0.0459. The third-order valence-electron chi connectivity index (χ3n) is 3.31. The number of carboxylic acids is 1. The Morgan fingerprint density at radius 1 is 1.45 bits per heavy atom. The summed E-state index contributed by atoms with van der Waals surface area (Å²) in [4.78, 5) is 24.7. The number of carbonyl (C=O) groups is 2. The van der Waals surface area contributed by atoms with E-state index in [0.29, 0.717) is 12.2 Å². The number of aliphatic hydroxyl groups is 1. The normalized spacial score (nSPS) is 22.0. The van der Waals surface area contributed by atoms with E-state index in [2.05, 4.69) is 0 Å². The molecule has 0 spiro atoms. The van der Waals surface area contributed by atoms with Crippen LogP contribution in [-0.2, 0) is 16.1 Å². The van der Waals surface area contributed by atoms with Crippen LogP contribution in [0.4, 0.5) is 0 Å². The van der Waals surface area contributed by atoms with Gasteiger partial charge in [0.2, 0.25) is 0 Å². The first-order chi connectivity index (χ1) is 9.52.